The first-order chi connectivity index (χ1) is 11.6. The quantitative estimate of drug-likeness (QED) is 0.709. The summed E-state index contributed by atoms with van der Waals surface area (Å²) in [4.78, 5) is 23.3. The average Bonchev–Trinajstić information content (AvgIpc) is 2.59. The molecule has 5 nitrogen and oxygen atoms in total. The summed E-state index contributed by atoms with van der Waals surface area (Å²) in [7, 11) is 1.58. The first kappa shape index (κ1) is 18.0. The highest BCUT2D eigenvalue weighted by atomic mass is 79.9. The van der Waals surface area contributed by atoms with E-state index < -0.39 is 0 Å². The summed E-state index contributed by atoms with van der Waals surface area (Å²) in [6, 6.07) is 14.3. The number of anilines is 1. The minimum absolute atomic E-state index is 0.0828. The molecule has 126 valence electrons. The molecule has 2 N–H and O–H groups in total. The maximum atomic E-state index is 11.9. The fourth-order valence-corrected chi connectivity index (χ4v) is 2.43. The van der Waals surface area contributed by atoms with Gasteiger partial charge in [-0.05, 0) is 48.9 Å². The lowest BCUT2D eigenvalue weighted by molar-refractivity contribution is -0.116. The molecule has 0 aliphatic rings. The van der Waals surface area contributed by atoms with Crippen LogP contribution < -0.4 is 15.4 Å². The zero-order valence-electron chi connectivity index (χ0n) is 13.3. The molecule has 2 rings (SSSR count). The summed E-state index contributed by atoms with van der Waals surface area (Å²) in [6.45, 7) is 0.472. The molecule has 2 aromatic rings. The summed E-state index contributed by atoms with van der Waals surface area (Å²) < 4.78 is 6.54. The minimum Gasteiger partial charge on any atom is -0.494 e. The second-order valence-corrected chi connectivity index (χ2v) is 6.03. The lowest BCUT2D eigenvalue weighted by Gasteiger charge is -2.08. The number of benzene rings is 2. The Morgan fingerprint density at radius 1 is 1.12 bits per heavy atom. The van der Waals surface area contributed by atoms with Crippen LogP contribution in [0.1, 0.15) is 23.2 Å². The summed E-state index contributed by atoms with van der Waals surface area (Å²) in [5.41, 5.74) is 1.22. The van der Waals surface area contributed by atoms with Crippen molar-refractivity contribution in [1.82, 2.24) is 5.32 Å². The fraction of sp³-hybridized carbons (Fsp3) is 0.222. The molecule has 2 aromatic carbocycles. The number of halogens is 1. The van der Waals surface area contributed by atoms with E-state index in [1.807, 2.05) is 24.3 Å². The number of amides is 2. The number of nitrogens with one attached hydrogen (secondary N) is 2. The van der Waals surface area contributed by atoms with Gasteiger partial charge in [-0.3, -0.25) is 9.59 Å². The SMILES string of the molecule is CNC(=O)c1ccc(NC(=O)CCCOc2cccc(Br)c2)cc1. The Labute approximate surface area is 149 Å². The Hall–Kier alpha value is -2.34. The van der Waals surface area contributed by atoms with Crippen LogP contribution in [0.3, 0.4) is 0 Å². The van der Waals surface area contributed by atoms with Gasteiger partial charge in [0, 0.05) is 29.2 Å². The maximum Gasteiger partial charge on any atom is 0.251 e. The molecule has 0 spiro atoms. The zero-order chi connectivity index (χ0) is 17.4. The van der Waals surface area contributed by atoms with E-state index in [-0.39, 0.29) is 11.8 Å². The van der Waals surface area contributed by atoms with E-state index in [0.29, 0.717) is 30.7 Å². The van der Waals surface area contributed by atoms with Crippen LogP contribution in [0.5, 0.6) is 5.75 Å². The van der Waals surface area contributed by atoms with Gasteiger partial charge >= 0.3 is 0 Å². The van der Waals surface area contributed by atoms with Crippen molar-refractivity contribution in [3.8, 4) is 5.75 Å². The van der Waals surface area contributed by atoms with E-state index in [0.717, 1.165) is 10.2 Å². The third-order valence-electron chi connectivity index (χ3n) is 3.27. The van der Waals surface area contributed by atoms with Gasteiger partial charge in [0.15, 0.2) is 0 Å². The van der Waals surface area contributed by atoms with Crippen LogP contribution in [0.15, 0.2) is 53.0 Å². The standard InChI is InChI=1S/C18H19BrN2O3/c1-20-18(23)13-7-9-15(10-8-13)21-17(22)6-3-11-24-16-5-2-4-14(19)12-16/h2,4-5,7-10,12H,3,6,11H2,1H3,(H,20,23)(H,21,22). The highest BCUT2D eigenvalue weighted by molar-refractivity contribution is 9.10. The number of carbonyl (C=O) groups excluding carboxylic acids is 2. The van der Waals surface area contributed by atoms with E-state index in [9.17, 15) is 9.59 Å². The Bertz CT molecular complexity index is 702. The van der Waals surface area contributed by atoms with Crippen molar-refractivity contribution in [3.05, 3.63) is 58.6 Å². The van der Waals surface area contributed by atoms with Crippen molar-refractivity contribution in [2.45, 2.75) is 12.8 Å². The fourth-order valence-electron chi connectivity index (χ4n) is 2.05. The summed E-state index contributed by atoms with van der Waals surface area (Å²) >= 11 is 3.38. The predicted molar refractivity (Wildman–Crippen MR) is 97.3 cm³/mol. The van der Waals surface area contributed by atoms with Crippen LogP contribution in [0.25, 0.3) is 0 Å². The normalized spacial score (nSPS) is 10.1. The van der Waals surface area contributed by atoms with Gasteiger partial charge < -0.3 is 15.4 Å². The lowest BCUT2D eigenvalue weighted by atomic mass is 10.2. The van der Waals surface area contributed by atoms with Crippen molar-refractivity contribution in [3.63, 3.8) is 0 Å². The van der Waals surface area contributed by atoms with Crippen LogP contribution >= 0.6 is 15.9 Å². The van der Waals surface area contributed by atoms with E-state index in [4.69, 9.17) is 4.74 Å². The van der Waals surface area contributed by atoms with Crippen LogP contribution in [-0.4, -0.2) is 25.5 Å². The Morgan fingerprint density at radius 3 is 2.54 bits per heavy atom. The highest BCUT2D eigenvalue weighted by Gasteiger charge is 2.05. The molecule has 0 aliphatic heterocycles. The van der Waals surface area contributed by atoms with E-state index >= 15 is 0 Å². The monoisotopic (exact) mass is 390 g/mol. The first-order valence-corrected chi connectivity index (χ1v) is 8.38. The number of hydrogen-bond acceptors (Lipinski definition) is 3. The predicted octanol–water partition coefficient (Wildman–Crippen LogP) is 3.61. The van der Waals surface area contributed by atoms with Crippen molar-refractivity contribution >= 4 is 33.4 Å². The smallest absolute Gasteiger partial charge is 0.251 e. The van der Waals surface area contributed by atoms with Gasteiger partial charge in [-0.25, -0.2) is 0 Å². The van der Waals surface area contributed by atoms with Crippen LogP contribution in [0.2, 0.25) is 0 Å². The van der Waals surface area contributed by atoms with Gasteiger partial charge in [-0.15, -0.1) is 0 Å². The maximum absolute atomic E-state index is 11.9. The molecule has 0 aromatic heterocycles. The van der Waals surface area contributed by atoms with Crippen LogP contribution in [0.4, 0.5) is 5.69 Å². The molecule has 0 unspecified atom stereocenters. The molecular weight excluding hydrogens is 372 g/mol. The van der Waals surface area contributed by atoms with E-state index in [1.54, 1.807) is 31.3 Å². The first-order valence-electron chi connectivity index (χ1n) is 7.59. The second-order valence-electron chi connectivity index (χ2n) is 5.11. The molecule has 0 fully saturated rings. The van der Waals surface area contributed by atoms with Crippen molar-refractivity contribution in [2.24, 2.45) is 0 Å². The molecule has 0 atom stereocenters. The van der Waals surface area contributed by atoms with Crippen molar-refractivity contribution in [2.75, 3.05) is 19.0 Å². The van der Waals surface area contributed by atoms with Crippen molar-refractivity contribution in [1.29, 1.82) is 0 Å². The van der Waals surface area contributed by atoms with Gasteiger partial charge in [0.1, 0.15) is 5.75 Å². The molecule has 0 heterocycles. The number of rotatable bonds is 7. The molecule has 2 amide bonds. The van der Waals surface area contributed by atoms with Gasteiger partial charge in [0.2, 0.25) is 5.91 Å². The molecule has 0 saturated carbocycles. The van der Waals surface area contributed by atoms with Crippen molar-refractivity contribution < 1.29 is 14.3 Å². The summed E-state index contributed by atoms with van der Waals surface area (Å²) in [5, 5.41) is 5.35. The summed E-state index contributed by atoms with van der Waals surface area (Å²) in [6.07, 6.45) is 0.986. The zero-order valence-corrected chi connectivity index (χ0v) is 14.9. The Kier molecular flexibility index (Phi) is 6.81. The molecule has 0 saturated heterocycles. The molecule has 0 bridgehead atoms. The van der Waals surface area contributed by atoms with E-state index in [2.05, 4.69) is 26.6 Å². The van der Waals surface area contributed by atoms with Gasteiger partial charge in [-0.1, -0.05) is 22.0 Å². The Morgan fingerprint density at radius 2 is 1.88 bits per heavy atom. The van der Waals surface area contributed by atoms with Gasteiger partial charge in [-0.2, -0.15) is 0 Å². The third-order valence-corrected chi connectivity index (χ3v) is 3.76. The molecule has 0 aliphatic carbocycles. The summed E-state index contributed by atoms with van der Waals surface area (Å²) in [5.74, 6) is 0.535. The highest BCUT2D eigenvalue weighted by Crippen LogP contribution is 2.18. The third kappa shape index (κ3) is 5.70. The van der Waals surface area contributed by atoms with Gasteiger partial charge in [0.05, 0.1) is 6.61 Å². The number of ether oxygens (including phenoxy) is 1. The minimum atomic E-state index is -0.155. The average molecular weight is 391 g/mol. The van der Waals surface area contributed by atoms with Gasteiger partial charge in [0.25, 0.3) is 5.91 Å². The molecule has 24 heavy (non-hydrogen) atoms. The number of hydrogen-bond donors (Lipinski definition) is 2. The van der Waals surface area contributed by atoms with Crippen LogP contribution in [0, 0.1) is 0 Å². The topological polar surface area (TPSA) is 67.4 Å². The molecular formula is C18H19BrN2O3. The molecule has 6 heteroatoms. The Balaban J connectivity index is 1.72. The lowest BCUT2D eigenvalue weighted by Crippen LogP contribution is -2.18. The van der Waals surface area contributed by atoms with E-state index in [1.165, 1.54) is 0 Å². The largest absolute Gasteiger partial charge is 0.494 e. The second kappa shape index (κ2) is 9.08. The van der Waals surface area contributed by atoms with Crippen LogP contribution in [-0.2, 0) is 4.79 Å². The number of carbonyl (C=O) groups is 2. The molecule has 0 radical (unpaired) electrons.